The molecule has 1 heterocycles. The van der Waals surface area contributed by atoms with Crippen LogP contribution < -0.4 is 5.73 Å². The summed E-state index contributed by atoms with van der Waals surface area (Å²) in [4.78, 5) is 23.9. The zero-order valence-electron chi connectivity index (χ0n) is 11.8. The van der Waals surface area contributed by atoms with Crippen LogP contribution in [0.2, 0.25) is 0 Å². The van der Waals surface area contributed by atoms with Crippen LogP contribution in [0.15, 0.2) is 48.5 Å². The number of amides is 1. The van der Waals surface area contributed by atoms with Crippen molar-refractivity contribution in [3.8, 4) is 0 Å². The first-order chi connectivity index (χ1) is 11.1. The summed E-state index contributed by atoms with van der Waals surface area (Å²) in [6.45, 7) is 0. The summed E-state index contributed by atoms with van der Waals surface area (Å²) in [5, 5.41) is 7.18. The predicted octanol–water partition coefficient (Wildman–Crippen LogP) is 2.09. The van der Waals surface area contributed by atoms with E-state index >= 15 is 0 Å². The van der Waals surface area contributed by atoms with Crippen LogP contribution in [0.3, 0.4) is 0 Å². The largest absolute Gasteiger partial charge is 0.443 e. The molecule has 3 aromatic rings. The Morgan fingerprint density at radius 3 is 2.52 bits per heavy atom. The third-order valence-electron chi connectivity index (χ3n) is 3.32. The second kappa shape index (κ2) is 5.88. The van der Waals surface area contributed by atoms with Crippen LogP contribution in [-0.4, -0.2) is 22.1 Å². The van der Waals surface area contributed by atoms with Crippen LogP contribution in [0.5, 0.6) is 0 Å². The monoisotopic (exact) mass is 313 g/mol. The predicted molar refractivity (Wildman–Crippen MR) is 79.8 cm³/mol. The van der Waals surface area contributed by atoms with Crippen molar-refractivity contribution < 1.29 is 18.7 Å². The number of ether oxygens (including phenoxy) is 1. The Hall–Kier alpha value is -3.22. The number of carbonyl (C=O) groups excluding carboxylic acids is 2. The maximum Gasteiger partial charge on any atom is 0.360 e. The van der Waals surface area contributed by atoms with Gasteiger partial charge in [0.25, 0.3) is 5.91 Å². The summed E-state index contributed by atoms with van der Waals surface area (Å²) in [6, 6.07) is 12.0. The van der Waals surface area contributed by atoms with Crippen LogP contribution in [0.25, 0.3) is 10.9 Å². The number of halogens is 1. The van der Waals surface area contributed by atoms with E-state index in [1.807, 2.05) is 0 Å². The fraction of sp³-hybridized carbons (Fsp3) is 0.0625. The van der Waals surface area contributed by atoms with E-state index in [1.165, 1.54) is 12.1 Å². The molecule has 0 aliphatic rings. The third kappa shape index (κ3) is 2.89. The Morgan fingerprint density at radius 2 is 1.83 bits per heavy atom. The molecule has 0 fully saturated rings. The molecule has 0 aliphatic carbocycles. The SMILES string of the molecule is NC(=O)[C@@H](OC(=O)c1n[nH]c2ccccc12)c1ccc(F)cc1. The Labute approximate surface area is 130 Å². The number of esters is 1. The smallest absolute Gasteiger partial charge is 0.360 e. The molecule has 0 bridgehead atoms. The molecule has 0 saturated carbocycles. The highest BCUT2D eigenvalue weighted by molar-refractivity contribution is 6.02. The highest BCUT2D eigenvalue weighted by Crippen LogP contribution is 2.22. The number of H-pyrrole nitrogens is 1. The Morgan fingerprint density at radius 1 is 1.13 bits per heavy atom. The number of primary amides is 1. The molecular weight excluding hydrogens is 301 g/mol. The lowest BCUT2D eigenvalue weighted by Crippen LogP contribution is -2.26. The summed E-state index contributed by atoms with van der Waals surface area (Å²) in [5.41, 5.74) is 6.28. The molecule has 0 unspecified atom stereocenters. The van der Waals surface area contributed by atoms with Crippen molar-refractivity contribution in [3.63, 3.8) is 0 Å². The van der Waals surface area contributed by atoms with Gasteiger partial charge in [-0.1, -0.05) is 30.3 Å². The average molecular weight is 313 g/mol. The highest BCUT2D eigenvalue weighted by atomic mass is 19.1. The van der Waals surface area contributed by atoms with Gasteiger partial charge in [0.15, 0.2) is 5.69 Å². The molecule has 0 radical (unpaired) electrons. The van der Waals surface area contributed by atoms with E-state index in [0.29, 0.717) is 10.9 Å². The summed E-state index contributed by atoms with van der Waals surface area (Å²) in [5.74, 6) is -2.12. The molecule has 3 rings (SSSR count). The van der Waals surface area contributed by atoms with Gasteiger partial charge >= 0.3 is 5.97 Å². The van der Waals surface area contributed by atoms with Crippen LogP contribution in [0, 0.1) is 5.82 Å². The minimum absolute atomic E-state index is 0.0500. The van der Waals surface area contributed by atoms with Crippen LogP contribution in [-0.2, 0) is 9.53 Å². The fourth-order valence-corrected chi connectivity index (χ4v) is 2.21. The molecule has 2 aromatic carbocycles. The van der Waals surface area contributed by atoms with E-state index < -0.39 is 23.8 Å². The first-order valence-corrected chi connectivity index (χ1v) is 6.75. The molecule has 6 nitrogen and oxygen atoms in total. The van der Waals surface area contributed by atoms with E-state index in [0.717, 1.165) is 12.1 Å². The van der Waals surface area contributed by atoms with Gasteiger partial charge in [-0.3, -0.25) is 9.89 Å². The van der Waals surface area contributed by atoms with Gasteiger partial charge in [0.05, 0.1) is 5.52 Å². The Kier molecular flexibility index (Phi) is 3.76. The number of fused-ring (bicyclic) bond motifs is 1. The quantitative estimate of drug-likeness (QED) is 0.720. The fourth-order valence-electron chi connectivity index (χ4n) is 2.21. The van der Waals surface area contributed by atoms with Crippen LogP contribution in [0.4, 0.5) is 4.39 Å². The van der Waals surface area contributed by atoms with Gasteiger partial charge in [0, 0.05) is 10.9 Å². The van der Waals surface area contributed by atoms with Gasteiger partial charge in [-0.05, 0) is 18.2 Å². The summed E-state index contributed by atoms with van der Waals surface area (Å²) in [7, 11) is 0. The lowest BCUT2D eigenvalue weighted by Gasteiger charge is -2.14. The molecule has 116 valence electrons. The van der Waals surface area contributed by atoms with E-state index in [9.17, 15) is 14.0 Å². The number of para-hydroxylation sites is 1. The van der Waals surface area contributed by atoms with Crippen molar-refractivity contribution in [2.75, 3.05) is 0 Å². The van der Waals surface area contributed by atoms with Crippen molar-refractivity contribution in [3.05, 3.63) is 65.6 Å². The molecule has 7 heteroatoms. The average Bonchev–Trinajstić information content (AvgIpc) is 2.97. The molecule has 23 heavy (non-hydrogen) atoms. The summed E-state index contributed by atoms with van der Waals surface area (Å²) < 4.78 is 18.1. The molecule has 0 saturated heterocycles. The van der Waals surface area contributed by atoms with Gasteiger partial charge in [-0.15, -0.1) is 0 Å². The van der Waals surface area contributed by atoms with Crippen molar-refractivity contribution in [2.24, 2.45) is 5.73 Å². The van der Waals surface area contributed by atoms with Gasteiger partial charge in [0.1, 0.15) is 5.82 Å². The Balaban J connectivity index is 1.89. The van der Waals surface area contributed by atoms with Crippen molar-refractivity contribution in [1.29, 1.82) is 0 Å². The summed E-state index contributed by atoms with van der Waals surface area (Å²) in [6.07, 6.45) is -1.32. The van der Waals surface area contributed by atoms with Crippen LogP contribution >= 0.6 is 0 Å². The number of rotatable bonds is 4. The van der Waals surface area contributed by atoms with Crippen LogP contribution in [0.1, 0.15) is 22.2 Å². The highest BCUT2D eigenvalue weighted by Gasteiger charge is 2.25. The first kappa shape index (κ1) is 14.7. The van der Waals surface area contributed by atoms with E-state index in [4.69, 9.17) is 10.5 Å². The minimum Gasteiger partial charge on any atom is -0.443 e. The molecule has 1 aromatic heterocycles. The second-order valence-electron chi connectivity index (χ2n) is 4.86. The molecule has 1 atom stereocenters. The number of aromatic nitrogens is 2. The molecule has 3 N–H and O–H groups in total. The third-order valence-corrected chi connectivity index (χ3v) is 3.32. The number of benzene rings is 2. The molecule has 0 aliphatic heterocycles. The van der Waals surface area contributed by atoms with Crippen molar-refractivity contribution >= 4 is 22.8 Å². The number of nitrogens with two attached hydrogens (primary N) is 1. The lowest BCUT2D eigenvalue weighted by molar-refractivity contribution is -0.127. The first-order valence-electron chi connectivity index (χ1n) is 6.75. The number of nitrogens with zero attached hydrogens (tertiary/aromatic N) is 1. The van der Waals surface area contributed by atoms with Crippen molar-refractivity contribution in [2.45, 2.75) is 6.10 Å². The number of carbonyl (C=O) groups is 2. The van der Waals surface area contributed by atoms with E-state index in [1.54, 1.807) is 24.3 Å². The maximum absolute atomic E-state index is 13.0. The van der Waals surface area contributed by atoms with Gasteiger partial charge < -0.3 is 10.5 Å². The normalized spacial score (nSPS) is 12.0. The zero-order chi connectivity index (χ0) is 16.4. The second-order valence-corrected chi connectivity index (χ2v) is 4.86. The van der Waals surface area contributed by atoms with Gasteiger partial charge in [-0.25, -0.2) is 9.18 Å². The van der Waals surface area contributed by atoms with E-state index in [-0.39, 0.29) is 11.3 Å². The Bertz CT molecular complexity index is 874. The maximum atomic E-state index is 13.0. The zero-order valence-corrected chi connectivity index (χ0v) is 11.8. The molecule has 0 spiro atoms. The van der Waals surface area contributed by atoms with Gasteiger partial charge in [-0.2, -0.15) is 5.10 Å². The number of nitrogens with one attached hydrogen (secondary N) is 1. The lowest BCUT2D eigenvalue weighted by atomic mass is 10.1. The van der Waals surface area contributed by atoms with E-state index in [2.05, 4.69) is 10.2 Å². The number of hydrogen-bond donors (Lipinski definition) is 2. The summed E-state index contributed by atoms with van der Waals surface area (Å²) >= 11 is 0. The van der Waals surface area contributed by atoms with Crippen molar-refractivity contribution in [1.82, 2.24) is 10.2 Å². The molecular formula is C16H12FN3O3. The standard InChI is InChI=1S/C16H12FN3O3/c17-10-7-5-9(6-8-10)14(15(18)21)23-16(22)13-11-3-1-2-4-12(11)19-20-13/h1-8,14H,(H2,18,21)(H,19,20)/t14-/m0/s1. The minimum atomic E-state index is -1.32. The number of hydrogen-bond acceptors (Lipinski definition) is 4. The topological polar surface area (TPSA) is 98.1 Å². The number of aromatic amines is 1. The van der Waals surface area contributed by atoms with Gasteiger partial charge in [0.2, 0.25) is 6.10 Å². The molecule has 1 amide bonds.